The second-order valence-electron chi connectivity index (χ2n) is 6.71. The highest BCUT2D eigenvalue weighted by molar-refractivity contribution is 5.86. The lowest BCUT2D eigenvalue weighted by Gasteiger charge is -2.35. The number of benzene rings is 2. The summed E-state index contributed by atoms with van der Waals surface area (Å²) in [7, 11) is 1.62. The zero-order valence-corrected chi connectivity index (χ0v) is 14.7. The van der Waals surface area contributed by atoms with Crippen LogP contribution in [-0.2, 0) is 24.2 Å². The molecule has 1 unspecified atom stereocenters. The van der Waals surface area contributed by atoms with E-state index in [1.807, 2.05) is 42.5 Å². The summed E-state index contributed by atoms with van der Waals surface area (Å²) in [6.07, 6.45) is 0.986. The van der Waals surface area contributed by atoms with E-state index in [1.165, 1.54) is 10.9 Å². The van der Waals surface area contributed by atoms with E-state index < -0.39 is 0 Å². The zero-order chi connectivity index (χ0) is 18.1. The Labute approximate surface area is 152 Å². The first-order valence-electron chi connectivity index (χ1n) is 8.81. The highest BCUT2D eigenvalue weighted by Gasteiger charge is 2.31. The van der Waals surface area contributed by atoms with Crippen LogP contribution < -0.4 is 4.74 Å². The van der Waals surface area contributed by atoms with Crippen molar-refractivity contribution < 1.29 is 14.6 Å². The minimum Gasteiger partial charge on any atom is -0.497 e. The minimum atomic E-state index is -0.188. The van der Waals surface area contributed by atoms with Gasteiger partial charge in [0.05, 0.1) is 32.7 Å². The molecular formula is C21H22N2O3. The van der Waals surface area contributed by atoms with Gasteiger partial charge in [0.1, 0.15) is 5.75 Å². The smallest absolute Gasteiger partial charge is 0.227 e. The van der Waals surface area contributed by atoms with Crippen LogP contribution in [0.1, 0.15) is 16.8 Å². The summed E-state index contributed by atoms with van der Waals surface area (Å²) in [4.78, 5) is 18.1. The van der Waals surface area contributed by atoms with E-state index in [1.54, 1.807) is 12.0 Å². The van der Waals surface area contributed by atoms with Gasteiger partial charge < -0.3 is 19.7 Å². The molecule has 0 aliphatic carbocycles. The van der Waals surface area contributed by atoms with Crippen LogP contribution in [0.3, 0.4) is 0 Å². The molecule has 2 N–H and O–H groups in total. The largest absolute Gasteiger partial charge is 0.497 e. The van der Waals surface area contributed by atoms with E-state index in [9.17, 15) is 9.90 Å². The minimum absolute atomic E-state index is 0.0264. The summed E-state index contributed by atoms with van der Waals surface area (Å²) >= 11 is 0. The number of nitrogens with one attached hydrogen (secondary N) is 1. The molecule has 0 saturated carbocycles. The lowest BCUT2D eigenvalue weighted by Crippen LogP contribution is -2.46. The SMILES string of the molecule is COc1ccc(CC(=O)N2Cc3[nH]c4ccccc4c3CC2CO)cc1. The van der Waals surface area contributed by atoms with Gasteiger partial charge in [-0.15, -0.1) is 0 Å². The molecule has 0 fully saturated rings. The molecule has 1 aliphatic heterocycles. The average Bonchev–Trinajstić information content (AvgIpc) is 3.05. The molecule has 2 heterocycles. The molecule has 4 rings (SSSR count). The van der Waals surface area contributed by atoms with E-state index >= 15 is 0 Å². The van der Waals surface area contributed by atoms with Crippen molar-refractivity contribution in [2.24, 2.45) is 0 Å². The van der Waals surface area contributed by atoms with E-state index in [0.717, 1.165) is 22.5 Å². The zero-order valence-electron chi connectivity index (χ0n) is 14.7. The third kappa shape index (κ3) is 2.95. The van der Waals surface area contributed by atoms with Gasteiger partial charge >= 0.3 is 0 Å². The van der Waals surface area contributed by atoms with Crippen molar-refractivity contribution in [3.05, 3.63) is 65.4 Å². The van der Waals surface area contributed by atoms with Crippen LogP contribution in [0.2, 0.25) is 0 Å². The van der Waals surface area contributed by atoms with E-state index in [2.05, 4.69) is 11.1 Å². The second-order valence-corrected chi connectivity index (χ2v) is 6.71. The molecule has 5 nitrogen and oxygen atoms in total. The van der Waals surface area contributed by atoms with Crippen molar-refractivity contribution in [3.8, 4) is 5.75 Å². The Morgan fingerprint density at radius 3 is 2.73 bits per heavy atom. The average molecular weight is 350 g/mol. The number of carbonyl (C=O) groups excluding carboxylic acids is 1. The number of para-hydroxylation sites is 1. The number of hydrogen-bond donors (Lipinski definition) is 2. The van der Waals surface area contributed by atoms with E-state index in [4.69, 9.17) is 4.74 Å². The van der Waals surface area contributed by atoms with Crippen LogP contribution >= 0.6 is 0 Å². The van der Waals surface area contributed by atoms with E-state index in [-0.39, 0.29) is 18.6 Å². The van der Waals surface area contributed by atoms with Gasteiger partial charge in [-0.25, -0.2) is 0 Å². The third-order valence-electron chi connectivity index (χ3n) is 5.16. The van der Waals surface area contributed by atoms with Crippen LogP contribution in [0.15, 0.2) is 48.5 Å². The summed E-state index contributed by atoms with van der Waals surface area (Å²) < 4.78 is 5.16. The number of hydrogen-bond acceptors (Lipinski definition) is 3. The standard InChI is InChI=1S/C21H22N2O3/c1-26-16-8-6-14(7-9-16)10-21(25)23-12-20-18(11-15(23)13-24)17-4-2-3-5-19(17)22-20/h2-9,15,22,24H,10-13H2,1H3. The maximum Gasteiger partial charge on any atom is 0.227 e. The number of methoxy groups -OCH3 is 1. The van der Waals surface area contributed by atoms with Gasteiger partial charge in [-0.2, -0.15) is 0 Å². The number of aromatic amines is 1. The van der Waals surface area contributed by atoms with Crippen LogP contribution in [0.4, 0.5) is 0 Å². The summed E-state index contributed by atoms with van der Waals surface area (Å²) in [6.45, 7) is 0.470. The Morgan fingerprint density at radius 1 is 1.23 bits per heavy atom. The first-order valence-corrected chi connectivity index (χ1v) is 8.81. The summed E-state index contributed by atoms with van der Waals surface area (Å²) in [6, 6.07) is 15.5. The number of rotatable bonds is 4. The number of fused-ring (bicyclic) bond motifs is 3. The highest BCUT2D eigenvalue weighted by Crippen LogP contribution is 2.30. The number of aliphatic hydroxyl groups is 1. The molecular weight excluding hydrogens is 328 g/mol. The Balaban J connectivity index is 1.58. The monoisotopic (exact) mass is 350 g/mol. The number of ether oxygens (including phenoxy) is 1. The van der Waals surface area contributed by atoms with Gasteiger partial charge in [-0.3, -0.25) is 4.79 Å². The summed E-state index contributed by atoms with van der Waals surface area (Å²) in [5.41, 5.74) is 4.31. The molecule has 0 spiro atoms. The molecule has 3 aromatic rings. The fraction of sp³-hybridized carbons (Fsp3) is 0.286. The number of amides is 1. The van der Waals surface area contributed by atoms with Crippen LogP contribution in [0.25, 0.3) is 10.9 Å². The second kappa shape index (κ2) is 6.84. The van der Waals surface area contributed by atoms with Crippen molar-refractivity contribution in [1.29, 1.82) is 0 Å². The molecule has 26 heavy (non-hydrogen) atoms. The normalized spacial score (nSPS) is 16.5. The molecule has 1 amide bonds. The topological polar surface area (TPSA) is 65.6 Å². The molecule has 0 bridgehead atoms. The molecule has 1 aromatic heterocycles. The van der Waals surface area contributed by atoms with Gasteiger partial charge in [0.2, 0.25) is 5.91 Å². The first-order chi connectivity index (χ1) is 12.7. The Hall–Kier alpha value is -2.79. The molecule has 2 aromatic carbocycles. The van der Waals surface area contributed by atoms with Crippen molar-refractivity contribution in [1.82, 2.24) is 9.88 Å². The Morgan fingerprint density at radius 2 is 2.00 bits per heavy atom. The summed E-state index contributed by atoms with van der Waals surface area (Å²) in [5, 5.41) is 11.0. The quantitative estimate of drug-likeness (QED) is 0.760. The molecule has 5 heteroatoms. The van der Waals surface area contributed by atoms with Crippen LogP contribution in [0, 0.1) is 0 Å². The molecule has 1 aliphatic rings. The van der Waals surface area contributed by atoms with Crippen LogP contribution in [0.5, 0.6) is 5.75 Å². The van der Waals surface area contributed by atoms with Gasteiger partial charge in [0.15, 0.2) is 0 Å². The third-order valence-corrected chi connectivity index (χ3v) is 5.16. The Bertz CT molecular complexity index is 930. The molecule has 1 atom stereocenters. The maximum atomic E-state index is 12.9. The van der Waals surface area contributed by atoms with Crippen molar-refractivity contribution in [3.63, 3.8) is 0 Å². The number of nitrogens with zero attached hydrogens (tertiary/aromatic N) is 1. The summed E-state index contributed by atoms with van der Waals surface area (Å²) in [5.74, 6) is 0.800. The number of aromatic nitrogens is 1. The van der Waals surface area contributed by atoms with Gasteiger partial charge in [0.25, 0.3) is 0 Å². The molecule has 134 valence electrons. The lowest BCUT2D eigenvalue weighted by molar-refractivity contribution is -0.135. The number of H-pyrrole nitrogens is 1. The molecule has 0 saturated heterocycles. The van der Waals surface area contributed by atoms with Gasteiger partial charge in [0, 0.05) is 16.6 Å². The maximum absolute atomic E-state index is 12.9. The van der Waals surface area contributed by atoms with Gasteiger partial charge in [-0.1, -0.05) is 30.3 Å². The van der Waals surface area contributed by atoms with E-state index in [0.29, 0.717) is 19.4 Å². The number of carbonyl (C=O) groups is 1. The first kappa shape index (κ1) is 16.7. The highest BCUT2D eigenvalue weighted by atomic mass is 16.5. The van der Waals surface area contributed by atoms with Crippen LogP contribution in [-0.4, -0.2) is 40.7 Å². The molecule has 0 radical (unpaired) electrons. The predicted molar refractivity (Wildman–Crippen MR) is 100 cm³/mol. The lowest BCUT2D eigenvalue weighted by atomic mass is 9.96. The van der Waals surface area contributed by atoms with Gasteiger partial charge in [-0.05, 0) is 35.7 Å². The van der Waals surface area contributed by atoms with Crippen molar-refractivity contribution >= 4 is 16.8 Å². The van der Waals surface area contributed by atoms with Crippen molar-refractivity contribution in [2.45, 2.75) is 25.4 Å². The fourth-order valence-corrected chi connectivity index (χ4v) is 3.74. The Kier molecular flexibility index (Phi) is 4.39. The van der Waals surface area contributed by atoms with Crippen molar-refractivity contribution in [2.75, 3.05) is 13.7 Å². The number of aliphatic hydroxyl groups excluding tert-OH is 1. The fourth-order valence-electron chi connectivity index (χ4n) is 3.74. The predicted octanol–water partition coefficient (Wildman–Crippen LogP) is 2.66.